The fourth-order valence-electron chi connectivity index (χ4n) is 5.40. The van der Waals surface area contributed by atoms with Crippen molar-refractivity contribution in [2.45, 2.75) is 98.5 Å². The molecule has 0 saturated heterocycles. The number of rotatable bonds is 4. The maximum atomic E-state index is 11.6. The van der Waals surface area contributed by atoms with E-state index in [4.69, 9.17) is 4.74 Å². The molecule has 4 saturated carbocycles. The molecule has 0 aromatic rings. The summed E-state index contributed by atoms with van der Waals surface area (Å²) < 4.78 is 8.41. The van der Waals surface area contributed by atoms with Gasteiger partial charge in [0.2, 0.25) is 0 Å². The van der Waals surface area contributed by atoms with Crippen LogP contribution in [-0.2, 0) is 4.74 Å². The van der Waals surface area contributed by atoms with Gasteiger partial charge in [0.25, 0.3) is 0 Å². The Morgan fingerprint density at radius 3 is 2.30 bits per heavy atom. The first-order chi connectivity index (χ1) is 13.0. The summed E-state index contributed by atoms with van der Waals surface area (Å²) in [7, 11) is 0. The van der Waals surface area contributed by atoms with E-state index in [1.165, 1.54) is 48.7 Å². The normalized spacial score (nSPS) is 34.8. The van der Waals surface area contributed by atoms with Crippen molar-refractivity contribution in [1.29, 1.82) is 0 Å². The first-order valence-electron chi connectivity index (χ1n) is 10.5. The predicted molar refractivity (Wildman–Crippen MR) is 112 cm³/mol. The fourth-order valence-corrected chi connectivity index (χ4v) is 9.17. The molecule has 0 aromatic carbocycles. The molecule has 1 amide bonds. The number of halogens is 2. The number of alkyl halides is 1. The van der Waals surface area contributed by atoms with Crippen molar-refractivity contribution in [3.63, 3.8) is 0 Å². The fraction of sp³-hybridized carbons (Fsp3) is 0.762. The number of nitrogens with one attached hydrogen (secondary N) is 1. The van der Waals surface area contributed by atoms with E-state index in [1.807, 2.05) is 22.6 Å². The van der Waals surface area contributed by atoms with Crippen LogP contribution in [0.1, 0.15) is 83.5 Å². The van der Waals surface area contributed by atoms with E-state index in [1.54, 1.807) is 0 Å². The van der Waals surface area contributed by atoms with Gasteiger partial charge in [-0.1, -0.05) is 0 Å². The van der Waals surface area contributed by atoms with Crippen LogP contribution in [0.2, 0.25) is 0 Å². The monoisotopic (exact) mass is 597 g/mol. The summed E-state index contributed by atoms with van der Waals surface area (Å²) in [6.07, 6.45) is 18.8. The standard InChI is InChI=1S/C21H31I2N2O2/c1-16-25(15-18(27-16)23-17-7-5-3-2-4-6-8-17)21-12-9-20(10-13-21,11-14-21)24-19(22)26/h15,17H,1-14H2,(H,24,26)/q-1. The summed E-state index contributed by atoms with van der Waals surface area (Å²) in [5, 5.41) is 3.24. The summed E-state index contributed by atoms with van der Waals surface area (Å²) in [5.41, 5.74) is 0.210. The van der Waals surface area contributed by atoms with Crippen molar-refractivity contribution in [1.82, 2.24) is 10.2 Å². The molecular formula is C21H31I2N2O2-. The Kier molecular flexibility index (Phi) is 6.31. The first kappa shape index (κ1) is 20.3. The second-order valence-electron chi connectivity index (χ2n) is 8.75. The molecule has 4 fully saturated rings. The number of amides is 1. The molecule has 27 heavy (non-hydrogen) atoms. The molecule has 5 rings (SSSR count). The van der Waals surface area contributed by atoms with Crippen LogP contribution >= 0.6 is 22.6 Å². The zero-order chi connectivity index (χ0) is 18.9. The average Bonchev–Trinajstić information content (AvgIpc) is 2.99. The summed E-state index contributed by atoms with van der Waals surface area (Å²) in [6, 6.07) is 0. The Bertz CT molecular complexity index is 601. The van der Waals surface area contributed by atoms with Gasteiger partial charge in [0.1, 0.15) is 0 Å². The molecule has 0 radical (unpaired) electrons. The Hall–Kier alpha value is 0.01000. The van der Waals surface area contributed by atoms with Gasteiger partial charge >= 0.3 is 188 Å². The van der Waals surface area contributed by atoms with Gasteiger partial charge in [-0.05, 0) is 0 Å². The number of hydrogen-bond donors (Lipinski definition) is 1. The van der Waals surface area contributed by atoms with Gasteiger partial charge in [-0.2, -0.15) is 0 Å². The summed E-state index contributed by atoms with van der Waals surface area (Å²) in [4.78, 5) is 14.0. The van der Waals surface area contributed by atoms with E-state index < -0.39 is 0 Å². The van der Waals surface area contributed by atoms with Crippen LogP contribution in [0.25, 0.3) is 0 Å². The van der Waals surface area contributed by atoms with Crippen LogP contribution in [-0.4, -0.2) is 23.8 Å². The number of carbonyl (C=O) groups excluding carboxylic acids is 1. The third kappa shape index (κ3) is 4.46. The molecule has 0 aromatic heterocycles. The van der Waals surface area contributed by atoms with E-state index in [2.05, 4.69) is 23.0 Å². The van der Waals surface area contributed by atoms with Crippen molar-refractivity contribution >= 4 is 26.5 Å². The molecule has 1 heterocycles. The number of hydrogen-bond acceptors (Lipinski definition) is 3. The van der Waals surface area contributed by atoms with E-state index in [9.17, 15) is 4.79 Å². The topological polar surface area (TPSA) is 41.6 Å². The third-order valence-corrected chi connectivity index (χ3v) is 10.6. The van der Waals surface area contributed by atoms with Crippen LogP contribution in [0.5, 0.6) is 0 Å². The molecule has 5 aliphatic rings. The number of nitrogens with zero attached hydrogens (tertiary/aromatic N) is 1. The first-order valence-corrected chi connectivity index (χ1v) is 13.9. The molecule has 1 aliphatic heterocycles. The number of ether oxygens (including phenoxy) is 1. The van der Waals surface area contributed by atoms with Crippen LogP contribution < -0.4 is 26.5 Å². The van der Waals surface area contributed by atoms with E-state index in [0.29, 0.717) is 0 Å². The zero-order valence-corrected chi connectivity index (χ0v) is 20.4. The molecule has 4 nitrogen and oxygen atoms in total. The van der Waals surface area contributed by atoms with Gasteiger partial charge in [0, 0.05) is 0 Å². The molecule has 0 atom stereocenters. The van der Waals surface area contributed by atoms with Crippen LogP contribution in [0, 0.1) is 0 Å². The quantitative estimate of drug-likeness (QED) is 0.235. The molecule has 0 spiro atoms. The van der Waals surface area contributed by atoms with Gasteiger partial charge in [0.05, 0.1) is 0 Å². The third-order valence-electron chi connectivity index (χ3n) is 7.09. The van der Waals surface area contributed by atoms with Crippen molar-refractivity contribution in [2.24, 2.45) is 0 Å². The van der Waals surface area contributed by atoms with Gasteiger partial charge in [0.15, 0.2) is 0 Å². The summed E-state index contributed by atoms with van der Waals surface area (Å²) in [5.74, 6) is 0.850. The Balaban J connectivity index is 1.41. The van der Waals surface area contributed by atoms with Gasteiger partial charge < -0.3 is 0 Å². The molecule has 4 aliphatic carbocycles. The zero-order valence-electron chi connectivity index (χ0n) is 16.1. The average molecular weight is 597 g/mol. The summed E-state index contributed by atoms with van der Waals surface area (Å²) >= 11 is 1.81. The minimum atomic E-state index is -0.0659. The van der Waals surface area contributed by atoms with Crippen molar-refractivity contribution in [3.8, 4) is 0 Å². The number of carbonyl (C=O) groups is 1. The molecular weight excluding hydrogens is 566 g/mol. The maximum absolute atomic E-state index is 11.6. The van der Waals surface area contributed by atoms with Gasteiger partial charge in [-0.25, -0.2) is 0 Å². The molecule has 0 unspecified atom stereocenters. The Morgan fingerprint density at radius 2 is 1.70 bits per heavy atom. The molecule has 1 N–H and O–H groups in total. The van der Waals surface area contributed by atoms with E-state index in [-0.39, 0.29) is 36.2 Å². The molecule has 6 heteroatoms. The predicted octanol–water partition coefficient (Wildman–Crippen LogP) is 2.78. The van der Waals surface area contributed by atoms with Crippen LogP contribution in [0.3, 0.4) is 0 Å². The number of fused-ring (bicyclic) bond motifs is 3. The van der Waals surface area contributed by atoms with Gasteiger partial charge in [-0.3, -0.25) is 0 Å². The van der Waals surface area contributed by atoms with E-state index >= 15 is 0 Å². The van der Waals surface area contributed by atoms with Crippen LogP contribution in [0.4, 0.5) is 4.79 Å². The SMILES string of the molecule is C=C1OC([I-]C2CCCCCCC2)=CN1C12CCC(NC(=O)I)(CC1)CC2. The van der Waals surface area contributed by atoms with Crippen molar-refractivity contribution in [2.75, 3.05) is 0 Å². The van der Waals surface area contributed by atoms with Crippen molar-refractivity contribution < 1.29 is 30.7 Å². The van der Waals surface area contributed by atoms with E-state index in [0.717, 1.165) is 48.3 Å². The Morgan fingerprint density at radius 1 is 1.11 bits per heavy atom. The molecule has 2 bridgehead atoms. The van der Waals surface area contributed by atoms with Gasteiger partial charge in [-0.15, -0.1) is 0 Å². The van der Waals surface area contributed by atoms with Crippen molar-refractivity contribution in [3.05, 3.63) is 22.4 Å². The summed E-state index contributed by atoms with van der Waals surface area (Å²) in [6.45, 7) is 4.26. The van der Waals surface area contributed by atoms with Crippen LogP contribution in [0.15, 0.2) is 22.4 Å². The second kappa shape index (κ2) is 8.40. The molecule has 152 valence electrons. The minimum absolute atomic E-state index is 0.0419. The second-order valence-corrected chi connectivity index (χ2v) is 13.2. The Labute approximate surface area is 187 Å².